The van der Waals surface area contributed by atoms with E-state index in [1.165, 1.54) is 12.0 Å². The van der Waals surface area contributed by atoms with Crippen molar-refractivity contribution in [1.82, 2.24) is 20.0 Å². The Balaban J connectivity index is 2.05. The predicted molar refractivity (Wildman–Crippen MR) is 69.3 cm³/mol. The molecule has 0 saturated carbocycles. The summed E-state index contributed by atoms with van der Waals surface area (Å²) in [6, 6.07) is 2.56. The van der Waals surface area contributed by atoms with Gasteiger partial charge in [-0.2, -0.15) is 4.98 Å². The number of rotatable bonds is 6. The standard InChI is InChI=1S/C13H20N4O/c1-4-5-12(14-3)11-6-7-17(8-11)9-13-15-10(2)18-16-13/h6-8,12,14H,4-5,9H2,1-3H3. The maximum Gasteiger partial charge on any atom is 0.223 e. The lowest BCUT2D eigenvalue weighted by molar-refractivity contribution is 0.386. The van der Waals surface area contributed by atoms with Gasteiger partial charge in [0, 0.05) is 25.4 Å². The number of aryl methyl sites for hydroxylation is 1. The topological polar surface area (TPSA) is 55.9 Å². The molecule has 0 amide bonds. The van der Waals surface area contributed by atoms with Gasteiger partial charge in [0.1, 0.15) is 0 Å². The Morgan fingerprint density at radius 2 is 2.33 bits per heavy atom. The lowest BCUT2D eigenvalue weighted by atomic mass is 10.1. The first kappa shape index (κ1) is 12.8. The van der Waals surface area contributed by atoms with Crippen molar-refractivity contribution in [2.24, 2.45) is 0 Å². The van der Waals surface area contributed by atoms with Gasteiger partial charge in [0.15, 0.2) is 5.82 Å². The van der Waals surface area contributed by atoms with Gasteiger partial charge in [-0.05, 0) is 25.1 Å². The average Bonchev–Trinajstić information content (AvgIpc) is 2.96. The summed E-state index contributed by atoms with van der Waals surface area (Å²) in [5, 5.41) is 7.24. The smallest absolute Gasteiger partial charge is 0.223 e. The van der Waals surface area contributed by atoms with Gasteiger partial charge in [-0.1, -0.05) is 18.5 Å². The summed E-state index contributed by atoms with van der Waals surface area (Å²) >= 11 is 0. The molecule has 5 nitrogen and oxygen atoms in total. The zero-order valence-corrected chi connectivity index (χ0v) is 11.2. The van der Waals surface area contributed by atoms with Crippen LogP contribution in [0.1, 0.15) is 43.1 Å². The van der Waals surface area contributed by atoms with Crippen LogP contribution in [0, 0.1) is 6.92 Å². The van der Waals surface area contributed by atoms with E-state index in [2.05, 4.69) is 45.4 Å². The molecule has 5 heteroatoms. The second-order valence-corrected chi connectivity index (χ2v) is 4.48. The average molecular weight is 248 g/mol. The Morgan fingerprint density at radius 3 is 2.94 bits per heavy atom. The van der Waals surface area contributed by atoms with E-state index in [-0.39, 0.29) is 0 Å². The van der Waals surface area contributed by atoms with Crippen LogP contribution in [-0.2, 0) is 6.54 Å². The largest absolute Gasteiger partial charge is 0.346 e. The molecule has 2 aromatic rings. The second-order valence-electron chi connectivity index (χ2n) is 4.48. The zero-order chi connectivity index (χ0) is 13.0. The summed E-state index contributed by atoms with van der Waals surface area (Å²) in [6.07, 6.45) is 6.51. The molecule has 0 aliphatic heterocycles. The van der Waals surface area contributed by atoms with E-state index in [9.17, 15) is 0 Å². The Labute approximate surface area is 107 Å². The van der Waals surface area contributed by atoms with Crippen LogP contribution < -0.4 is 5.32 Å². The quantitative estimate of drug-likeness (QED) is 0.852. The molecule has 2 heterocycles. The minimum Gasteiger partial charge on any atom is -0.346 e. The van der Waals surface area contributed by atoms with E-state index in [1.807, 2.05) is 7.05 Å². The fourth-order valence-corrected chi connectivity index (χ4v) is 2.10. The van der Waals surface area contributed by atoms with Gasteiger partial charge in [-0.15, -0.1) is 0 Å². The van der Waals surface area contributed by atoms with Gasteiger partial charge >= 0.3 is 0 Å². The first-order chi connectivity index (χ1) is 8.72. The number of hydrogen-bond donors (Lipinski definition) is 1. The molecule has 0 bridgehead atoms. The molecule has 0 aliphatic carbocycles. The van der Waals surface area contributed by atoms with Gasteiger partial charge in [0.2, 0.25) is 5.89 Å². The molecule has 2 rings (SSSR count). The molecule has 1 atom stereocenters. The summed E-state index contributed by atoms with van der Waals surface area (Å²) in [5.41, 5.74) is 1.31. The molecule has 0 saturated heterocycles. The van der Waals surface area contributed by atoms with Crippen LogP contribution >= 0.6 is 0 Å². The van der Waals surface area contributed by atoms with E-state index >= 15 is 0 Å². The van der Waals surface area contributed by atoms with Gasteiger partial charge in [-0.3, -0.25) is 0 Å². The van der Waals surface area contributed by atoms with Gasteiger partial charge in [-0.25, -0.2) is 0 Å². The van der Waals surface area contributed by atoms with Crippen molar-refractivity contribution in [2.45, 2.75) is 39.3 Å². The van der Waals surface area contributed by atoms with Crippen molar-refractivity contribution in [3.63, 3.8) is 0 Å². The highest BCUT2D eigenvalue weighted by molar-refractivity contribution is 5.15. The third-order valence-corrected chi connectivity index (χ3v) is 3.00. The third kappa shape index (κ3) is 2.98. The van der Waals surface area contributed by atoms with Crippen LogP contribution in [0.4, 0.5) is 0 Å². The van der Waals surface area contributed by atoms with Gasteiger partial charge in [0.25, 0.3) is 0 Å². The molecule has 0 fully saturated rings. The van der Waals surface area contributed by atoms with Crippen LogP contribution in [0.25, 0.3) is 0 Å². The molecule has 1 unspecified atom stereocenters. The Kier molecular flexibility index (Phi) is 4.15. The minimum atomic E-state index is 0.420. The number of hydrogen-bond acceptors (Lipinski definition) is 4. The molecular weight excluding hydrogens is 228 g/mol. The summed E-state index contributed by atoms with van der Waals surface area (Å²) in [5.74, 6) is 1.32. The highest BCUT2D eigenvalue weighted by Gasteiger charge is 2.10. The van der Waals surface area contributed by atoms with Crippen molar-refractivity contribution >= 4 is 0 Å². The SMILES string of the molecule is CCCC(NC)c1ccn(Cc2noc(C)n2)c1. The van der Waals surface area contributed by atoms with Crippen molar-refractivity contribution in [1.29, 1.82) is 0 Å². The molecule has 1 N–H and O–H groups in total. The molecule has 0 spiro atoms. The maximum atomic E-state index is 4.96. The Morgan fingerprint density at radius 1 is 1.50 bits per heavy atom. The van der Waals surface area contributed by atoms with Gasteiger partial charge in [0.05, 0.1) is 6.54 Å². The first-order valence-corrected chi connectivity index (χ1v) is 6.35. The van der Waals surface area contributed by atoms with Crippen LogP contribution in [0.2, 0.25) is 0 Å². The van der Waals surface area contributed by atoms with E-state index in [0.717, 1.165) is 6.42 Å². The highest BCUT2D eigenvalue weighted by atomic mass is 16.5. The minimum absolute atomic E-state index is 0.420. The number of aromatic nitrogens is 3. The molecule has 0 radical (unpaired) electrons. The van der Waals surface area contributed by atoms with Crippen molar-refractivity contribution in [2.75, 3.05) is 7.05 Å². The molecule has 0 aliphatic rings. The summed E-state index contributed by atoms with van der Waals surface area (Å²) in [7, 11) is 2.00. The van der Waals surface area contributed by atoms with Crippen molar-refractivity contribution in [3.8, 4) is 0 Å². The molecular formula is C13H20N4O. The fourth-order valence-electron chi connectivity index (χ4n) is 2.10. The highest BCUT2D eigenvalue weighted by Crippen LogP contribution is 2.18. The first-order valence-electron chi connectivity index (χ1n) is 6.35. The molecule has 0 aromatic carbocycles. The van der Waals surface area contributed by atoms with Crippen molar-refractivity contribution in [3.05, 3.63) is 35.7 Å². The predicted octanol–water partition coefficient (Wildman–Crippen LogP) is 2.29. The second kappa shape index (κ2) is 5.82. The van der Waals surface area contributed by atoms with Crippen LogP contribution in [0.5, 0.6) is 0 Å². The van der Waals surface area contributed by atoms with Crippen LogP contribution in [0.15, 0.2) is 23.0 Å². The molecule has 2 aromatic heterocycles. The summed E-state index contributed by atoms with van der Waals surface area (Å²) in [6.45, 7) is 4.65. The van der Waals surface area contributed by atoms with Crippen molar-refractivity contribution < 1.29 is 4.52 Å². The Bertz CT molecular complexity index is 489. The Hall–Kier alpha value is -1.62. The number of nitrogens with one attached hydrogen (secondary N) is 1. The summed E-state index contributed by atoms with van der Waals surface area (Å²) < 4.78 is 7.05. The molecule has 18 heavy (non-hydrogen) atoms. The lowest BCUT2D eigenvalue weighted by Gasteiger charge is -2.13. The fraction of sp³-hybridized carbons (Fsp3) is 0.538. The summed E-state index contributed by atoms with van der Waals surface area (Å²) in [4.78, 5) is 4.20. The normalized spacial score (nSPS) is 12.8. The number of nitrogens with zero attached hydrogens (tertiary/aromatic N) is 3. The van der Waals surface area contributed by atoms with E-state index in [4.69, 9.17) is 4.52 Å². The van der Waals surface area contributed by atoms with Crippen LogP contribution in [-0.4, -0.2) is 21.8 Å². The van der Waals surface area contributed by atoms with E-state index in [1.54, 1.807) is 6.92 Å². The van der Waals surface area contributed by atoms with E-state index < -0.39 is 0 Å². The van der Waals surface area contributed by atoms with Gasteiger partial charge < -0.3 is 14.4 Å². The third-order valence-electron chi connectivity index (χ3n) is 3.00. The lowest BCUT2D eigenvalue weighted by Crippen LogP contribution is -2.15. The van der Waals surface area contributed by atoms with Crippen LogP contribution in [0.3, 0.4) is 0 Å². The van der Waals surface area contributed by atoms with E-state index in [0.29, 0.717) is 24.3 Å². The zero-order valence-electron chi connectivity index (χ0n) is 11.2. The monoisotopic (exact) mass is 248 g/mol. The maximum absolute atomic E-state index is 4.96. The molecule has 98 valence electrons.